The van der Waals surface area contributed by atoms with E-state index in [0.717, 1.165) is 22.0 Å². The molecule has 0 aliphatic carbocycles. The second-order valence-electron chi connectivity index (χ2n) is 6.38. The molecule has 0 bridgehead atoms. The molecule has 0 saturated heterocycles. The molecule has 0 radical (unpaired) electrons. The van der Waals surface area contributed by atoms with Crippen molar-refractivity contribution in [3.63, 3.8) is 0 Å². The summed E-state index contributed by atoms with van der Waals surface area (Å²) in [5.74, 6) is -2.89. The molecular weight excluding hydrogens is 428 g/mol. The molecule has 2 aromatic rings. The van der Waals surface area contributed by atoms with E-state index in [-0.39, 0.29) is 30.0 Å². The van der Waals surface area contributed by atoms with Crippen LogP contribution in [0.3, 0.4) is 0 Å². The van der Waals surface area contributed by atoms with Crippen LogP contribution in [0, 0.1) is 11.6 Å². The van der Waals surface area contributed by atoms with Crippen LogP contribution in [0.25, 0.3) is 0 Å². The minimum absolute atomic E-state index is 0.0678. The highest BCUT2D eigenvalue weighted by atomic mass is 19.1. The molecule has 0 heterocycles. The van der Waals surface area contributed by atoms with Crippen molar-refractivity contribution in [1.29, 1.82) is 0 Å². The molecule has 0 unspecified atom stereocenters. The van der Waals surface area contributed by atoms with Crippen molar-refractivity contribution in [3.05, 3.63) is 53.6 Å². The van der Waals surface area contributed by atoms with E-state index in [1.807, 2.05) is 0 Å². The standard InChI is InChI=1S/C20H21F2N5O5/c1-4-8-26(14-9-13(19(29)30)10-15(11-14)32-3)20(31)27(12-28)24-23-25(2)18-16(21)6-5-7-17(18)22/h5-7,9-12H,4,8H2,1-3H3,(H,29,30)/b24-23-. The summed E-state index contributed by atoms with van der Waals surface area (Å²) in [6.07, 6.45) is 0.522. The summed E-state index contributed by atoms with van der Waals surface area (Å²) in [6.45, 7) is 1.86. The van der Waals surface area contributed by atoms with Gasteiger partial charge in [-0.2, -0.15) is 0 Å². The fourth-order valence-corrected chi connectivity index (χ4v) is 2.71. The number of rotatable bonds is 9. The van der Waals surface area contributed by atoms with Crippen molar-refractivity contribution in [2.75, 3.05) is 30.6 Å². The number of carbonyl (C=O) groups excluding carboxylic acids is 2. The third-order valence-corrected chi connectivity index (χ3v) is 4.19. The summed E-state index contributed by atoms with van der Waals surface area (Å²) in [5, 5.41) is 17.4. The molecule has 170 valence electrons. The minimum atomic E-state index is -1.24. The Morgan fingerprint density at radius 3 is 2.34 bits per heavy atom. The van der Waals surface area contributed by atoms with Crippen molar-refractivity contribution >= 4 is 29.8 Å². The van der Waals surface area contributed by atoms with E-state index in [9.17, 15) is 28.3 Å². The fraction of sp³-hybridized carbons (Fsp3) is 0.250. The summed E-state index contributed by atoms with van der Waals surface area (Å²) in [7, 11) is 2.52. The van der Waals surface area contributed by atoms with Gasteiger partial charge < -0.3 is 9.84 Å². The van der Waals surface area contributed by atoms with Gasteiger partial charge in [0.15, 0.2) is 11.6 Å². The number of carbonyl (C=O) groups is 3. The number of ether oxygens (including phenoxy) is 1. The van der Waals surface area contributed by atoms with Crippen molar-refractivity contribution in [2.24, 2.45) is 10.4 Å². The van der Waals surface area contributed by atoms with Gasteiger partial charge in [0.25, 0.3) is 0 Å². The van der Waals surface area contributed by atoms with E-state index >= 15 is 0 Å². The number of urea groups is 1. The highest BCUT2D eigenvalue weighted by Gasteiger charge is 2.24. The normalized spacial score (nSPS) is 10.7. The smallest absolute Gasteiger partial charge is 0.353 e. The number of aromatic carboxylic acids is 1. The number of hydrogen-bond donors (Lipinski definition) is 1. The van der Waals surface area contributed by atoms with Crippen molar-refractivity contribution < 1.29 is 33.0 Å². The monoisotopic (exact) mass is 449 g/mol. The molecule has 0 aliphatic heterocycles. The molecule has 3 amide bonds. The number of nitrogens with zero attached hydrogens (tertiary/aromatic N) is 5. The average Bonchev–Trinajstić information content (AvgIpc) is 2.77. The highest BCUT2D eigenvalue weighted by molar-refractivity contribution is 5.99. The number of carboxylic acid groups (broad SMARTS) is 1. The number of benzene rings is 2. The predicted octanol–water partition coefficient (Wildman–Crippen LogP) is 3.89. The lowest BCUT2D eigenvalue weighted by atomic mass is 10.1. The Kier molecular flexibility index (Phi) is 8.16. The first-order chi connectivity index (χ1) is 15.2. The molecule has 2 aromatic carbocycles. The Morgan fingerprint density at radius 2 is 1.81 bits per heavy atom. The van der Waals surface area contributed by atoms with Crippen LogP contribution in [0.5, 0.6) is 5.75 Å². The third-order valence-electron chi connectivity index (χ3n) is 4.19. The van der Waals surface area contributed by atoms with Gasteiger partial charge in [0.05, 0.1) is 18.4 Å². The van der Waals surface area contributed by atoms with Crippen LogP contribution in [0.4, 0.5) is 25.0 Å². The quantitative estimate of drug-likeness (QED) is 0.353. The lowest BCUT2D eigenvalue weighted by Gasteiger charge is -2.25. The van der Waals surface area contributed by atoms with Crippen LogP contribution in [0.1, 0.15) is 23.7 Å². The van der Waals surface area contributed by atoms with E-state index in [4.69, 9.17) is 4.74 Å². The SMILES string of the molecule is CCCN(C(=O)N(C=O)/N=N\N(C)c1c(F)cccc1F)c1cc(OC)cc(C(=O)O)c1. The lowest BCUT2D eigenvalue weighted by molar-refractivity contribution is -0.115. The molecule has 10 nitrogen and oxygen atoms in total. The Hall–Kier alpha value is -4.09. The maximum absolute atomic E-state index is 13.9. The van der Waals surface area contributed by atoms with Gasteiger partial charge in [-0.05, 0) is 41.1 Å². The van der Waals surface area contributed by atoms with Gasteiger partial charge in [-0.3, -0.25) is 9.69 Å². The lowest BCUT2D eigenvalue weighted by Crippen LogP contribution is -2.40. The van der Waals surface area contributed by atoms with Gasteiger partial charge >= 0.3 is 12.0 Å². The van der Waals surface area contributed by atoms with Crippen LogP contribution < -0.4 is 14.6 Å². The number of amides is 3. The topological polar surface area (TPSA) is 115 Å². The van der Waals surface area contributed by atoms with E-state index in [0.29, 0.717) is 11.4 Å². The minimum Gasteiger partial charge on any atom is -0.497 e. The molecule has 0 fully saturated rings. The Bertz CT molecular complexity index is 1010. The summed E-state index contributed by atoms with van der Waals surface area (Å²) < 4.78 is 32.9. The number of anilines is 2. The molecule has 0 saturated carbocycles. The summed E-state index contributed by atoms with van der Waals surface area (Å²) in [5.41, 5.74) is -0.523. The van der Waals surface area contributed by atoms with Gasteiger partial charge in [0, 0.05) is 19.7 Å². The first kappa shape index (κ1) is 24.2. The molecule has 32 heavy (non-hydrogen) atoms. The van der Waals surface area contributed by atoms with Crippen LogP contribution in [0.2, 0.25) is 0 Å². The second-order valence-corrected chi connectivity index (χ2v) is 6.38. The first-order valence-electron chi connectivity index (χ1n) is 9.31. The zero-order chi connectivity index (χ0) is 23.8. The largest absolute Gasteiger partial charge is 0.497 e. The zero-order valence-corrected chi connectivity index (χ0v) is 17.5. The van der Waals surface area contributed by atoms with E-state index in [2.05, 4.69) is 10.4 Å². The molecular formula is C20H21F2N5O5. The van der Waals surface area contributed by atoms with Crippen LogP contribution in [-0.4, -0.2) is 49.2 Å². The Balaban J connectivity index is 2.37. The number of imide groups is 1. The van der Waals surface area contributed by atoms with Crippen LogP contribution in [0.15, 0.2) is 46.8 Å². The Labute approximate surface area is 182 Å². The predicted molar refractivity (Wildman–Crippen MR) is 111 cm³/mol. The maximum atomic E-state index is 13.9. The highest BCUT2D eigenvalue weighted by Crippen LogP contribution is 2.26. The Morgan fingerprint density at radius 1 is 1.16 bits per heavy atom. The van der Waals surface area contributed by atoms with Gasteiger partial charge in [-0.1, -0.05) is 13.0 Å². The average molecular weight is 449 g/mol. The molecule has 12 heteroatoms. The van der Waals surface area contributed by atoms with Crippen molar-refractivity contribution in [3.8, 4) is 5.75 Å². The summed E-state index contributed by atoms with van der Waals surface area (Å²) >= 11 is 0. The molecule has 2 rings (SSSR count). The van der Waals surface area contributed by atoms with Gasteiger partial charge in [0.2, 0.25) is 6.41 Å². The molecule has 1 N–H and O–H groups in total. The number of para-hydroxylation sites is 1. The summed E-state index contributed by atoms with van der Waals surface area (Å²) in [4.78, 5) is 37.0. The molecule has 0 aliphatic rings. The fourth-order valence-electron chi connectivity index (χ4n) is 2.71. The van der Waals surface area contributed by atoms with Crippen molar-refractivity contribution in [2.45, 2.75) is 13.3 Å². The third kappa shape index (κ3) is 5.53. The van der Waals surface area contributed by atoms with E-state index in [1.165, 1.54) is 38.4 Å². The molecule has 0 aromatic heterocycles. The van der Waals surface area contributed by atoms with Gasteiger partial charge in [-0.15, -0.1) is 5.01 Å². The van der Waals surface area contributed by atoms with E-state index < -0.39 is 29.3 Å². The maximum Gasteiger partial charge on any atom is 0.353 e. The number of hydrogen-bond acceptors (Lipinski definition) is 6. The first-order valence-corrected chi connectivity index (χ1v) is 9.31. The van der Waals surface area contributed by atoms with Crippen LogP contribution >= 0.6 is 0 Å². The molecule has 0 spiro atoms. The van der Waals surface area contributed by atoms with Gasteiger partial charge in [-0.25, -0.2) is 23.4 Å². The number of carboxylic acids is 1. The van der Waals surface area contributed by atoms with Crippen molar-refractivity contribution in [1.82, 2.24) is 5.01 Å². The number of halogens is 2. The second kappa shape index (κ2) is 10.8. The van der Waals surface area contributed by atoms with Crippen LogP contribution in [-0.2, 0) is 4.79 Å². The summed E-state index contributed by atoms with van der Waals surface area (Å²) in [6, 6.07) is 6.16. The number of methoxy groups -OCH3 is 1. The zero-order valence-electron chi connectivity index (χ0n) is 17.5. The van der Waals surface area contributed by atoms with E-state index in [1.54, 1.807) is 6.92 Å². The molecule has 0 atom stereocenters. The van der Waals surface area contributed by atoms with Gasteiger partial charge in [0.1, 0.15) is 11.4 Å².